The van der Waals surface area contributed by atoms with Crippen molar-refractivity contribution < 1.29 is 18.0 Å². The molecule has 0 spiro atoms. The number of halogens is 3. The normalized spacial score (nSPS) is 24.5. The molecule has 3 nitrogen and oxygen atoms in total. The van der Waals surface area contributed by atoms with Crippen LogP contribution in [0.5, 0.6) is 0 Å². The van der Waals surface area contributed by atoms with Crippen molar-refractivity contribution in [2.75, 3.05) is 13.1 Å². The van der Waals surface area contributed by atoms with E-state index in [9.17, 15) is 18.0 Å². The van der Waals surface area contributed by atoms with E-state index in [0.717, 1.165) is 6.42 Å². The number of hydrogen-bond acceptors (Lipinski definition) is 2. The minimum absolute atomic E-state index is 0.0453. The minimum Gasteiger partial charge on any atom is -0.354 e. The molecule has 20 heavy (non-hydrogen) atoms. The molecule has 1 saturated carbocycles. The Labute approximate surface area is 118 Å². The lowest BCUT2D eigenvalue weighted by atomic mass is 9.85. The van der Waals surface area contributed by atoms with E-state index < -0.39 is 17.5 Å². The van der Waals surface area contributed by atoms with E-state index in [1.165, 1.54) is 0 Å². The van der Waals surface area contributed by atoms with Crippen LogP contribution in [0.4, 0.5) is 13.2 Å². The Morgan fingerprint density at radius 3 is 2.35 bits per heavy atom. The van der Waals surface area contributed by atoms with Gasteiger partial charge in [0.05, 0.1) is 5.92 Å². The number of amides is 1. The van der Waals surface area contributed by atoms with Gasteiger partial charge < -0.3 is 10.6 Å². The van der Waals surface area contributed by atoms with Crippen molar-refractivity contribution >= 4 is 5.91 Å². The van der Waals surface area contributed by atoms with Gasteiger partial charge in [-0.05, 0) is 19.3 Å². The van der Waals surface area contributed by atoms with Gasteiger partial charge in [0.15, 0.2) is 0 Å². The molecule has 0 heterocycles. The van der Waals surface area contributed by atoms with Gasteiger partial charge in [-0.3, -0.25) is 4.79 Å². The molecular weight excluding hydrogens is 269 g/mol. The van der Waals surface area contributed by atoms with Crippen LogP contribution in [0.2, 0.25) is 0 Å². The summed E-state index contributed by atoms with van der Waals surface area (Å²) in [5.41, 5.74) is -0.438. The van der Waals surface area contributed by atoms with Gasteiger partial charge in [-0.15, -0.1) is 0 Å². The summed E-state index contributed by atoms with van der Waals surface area (Å²) in [4.78, 5) is 11.6. The Bertz CT molecular complexity index is 323. The number of nitrogens with one attached hydrogen (secondary N) is 2. The van der Waals surface area contributed by atoms with Crippen molar-refractivity contribution in [1.82, 2.24) is 10.6 Å². The van der Waals surface area contributed by atoms with Crippen LogP contribution < -0.4 is 10.6 Å². The topological polar surface area (TPSA) is 41.1 Å². The highest BCUT2D eigenvalue weighted by Crippen LogP contribution is 2.37. The smallest absolute Gasteiger partial charge is 0.354 e. The third-order valence-electron chi connectivity index (χ3n) is 3.66. The summed E-state index contributed by atoms with van der Waals surface area (Å²) in [6.07, 6.45) is -2.31. The van der Waals surface area contributed by atoms with E-state index in [0.29, 0.717) is 19.5 Å². The largest absolute Gasteiger partial charge is 0.391 e. The Hall–Kier alpha value is -0.780. The molecule has 0 aromatic carbocycles. The summed E-state index contributed by atoms with van der Waals surface area (Å²) >= 11 is 0. The van der Waals surface area contributed by atoms with E-state index in [1.54, 1.807) is 0 Å². The molecule has 1 fully saturated rings. The van der Waals surface area contributed by atoms with Gasteiger partial charge in [0, 0.05) is 24.5 Å². The van der Waals surface area contributed by atoms with Crippen molar-refractivity contribution in [3.8, 4) is 0 Å². The summed E-state index contributed by atoms with van der Waals surface area (Å²) in [6, 6.07) is -0.0955. The van der Waals surface area contributed by atoms with Crippen molar-refractivity contribution in [2.24, 2.45) is 11.3 Å². The molecule has 2 atom stereocenters. The zero-order valence-electron chi connectivity index (χ0n) is 12.4. The molecule has 1 amide bonds. The van der Waals surface area contributed by atoms with Gasteiger partial charge in [-0.2, -0.15) is 13.2 Å². The van der Waals surface area contributed by atoms with Crippen LogP contribution in [0, 0.1) is 11.3 Å². The van der Waals surface area contributed by atoms with E-state index in [-0.39, 0.29) is 24.8 Å². The molecule has 2 N–H and O–H groups in total. The predicted octanol–water partition coefficient (Wildman–Crippen LogP) is 2.86. The van der Waals surface area contributed by atoms with E-state index in [4.69, 9.17) is 0 Å². The molecule has 0 bridgehead atoms. The predicted molar refractivity (Wildman–Crippen MR) is 72.3 cm³/mol. The lowest BCUT2D eigenvalue weighted by molar-refractivity contribution is -0.183. The van der Waals surface area contributed by atoms with Crippen LogP contribution >= 0.6 is 0 Å². The fourth-order valence-corrected chi connectivity index (χ4v) is 2.39. The van der Waals surface area contributed by atoms with Gasteiger partial charge in [-0.1, -0.05) is 27.2 Å². The molecule has 0 aliphatic heterocycles. The Balaban J connectivity index is 2.24. The van der Waals surface area contributed by atoms with Crippen LogP contribution in [0.3, 0.4) is 0 Å². The maximum absolute atomic E-state index is 12.7. The quantitative estimate of drug-likeness (QED) is 0.783. The first-order valence-electron chi connectivity index (χ1n) is 7.19. The number of alkyl halides is 3. The molecule has 1 rings (SSSR count). The molecule has 1 aliphatic rings. The first-order valence-corrected chi connectivity index (χ1v) is 7.19. The zero-order valence-corrected chi connectivity index (χ0v) is 12.4. The summed E-state index contributed by atoms with van der Waals surface area (Å²) in [5, 5.41) is 5.90. The average Bonchev–Trinajstić information content (AvgIpc) is 2.32. The van der Waals surface area contributed by atoms with Crippen LogP contribution in [0.1, 0.15) is 46.5 Å². The summed E-state index contributed by atoms with van der Waals surface area (Å²) in [6.45, 7) is 6.43. The lowest BCUT2D eigenvalue weighted by Gasteiger charge is -2.31. The van der Waals surface area contributed by atoms with Crippen molar-refractivity contribution in [1.29, 1.82) is 0 Å². The second-order valence-electron chi connectivity index (χ2n) is 6.56. The molecule has 0 unspecified atom stereocenters. The van der Waals surface area contributed by atoms with E-state index in [2.05, 4.69) is 10.6 Å². The maximum atomic E-state index is 12.7. The fourth-order valence-electron chi connectivity index (χ4n) is 2.39. The van der Waals surface area contributed by atoms with E-state index in [1.807, 2.05) is 20.8 Å². The first kappa shape index (κ1) is 17.3. The van der Waals surface area contributed by atoms with Crippen LogP contribution in [-0.4, -0.2) is 31.2 Å². The molecule has 1 aliphatic carbocycles. The zero-order chi connectivity index (χ0) is 15.4. The van der Waals surface area contributed by atoms with Crippen LogP contribution in [-0.2, 0) is 4.79 Å². The minimum atomic E-state index is -4.08. The molecule has 6 heteroatoms. The second-order valence-corrected chi connectivity index (χ2v) is 6.56. The van der Waals surface area contributed by atoms with Gasteiger partial charge in [0.1, 0.15) is 0 Å². The standard InChI is InChI=1S/C14H25F3N2O/c1-13(2,3)12(20)19-8-7-18-11-6-4-5-10(9-11)14(15,16)17/h10-11,18H,4-9H2,1-3H3,(H,19,20)/t10-,11-/m0/s1. The van der Waals surface area contributed by atoms with Gasteiger partial charge in [0.25, 0.3) is 0 Å². The molecule has 0 radical (unpaired) electrons. The van der Waals surface area contributed by atoms with Crippen molar-refractivity contribution in [3.05, 3.63) is 0 Å². The summed E-state index contributed by atoms with van der Waals surface area (Å²) in [5.74, 6) is -1.23. The Morgan fingerprint density at radius 1 is 1.15 bits per heavy atom. The van der Waals surface area contributed by atoms with Crippen LogP contribution in [0.25, 0.3) is 0 Å². The first-order chi connectivity index (χ1) is 9.10. The maximum Gasteiger partial charge on any atom is 0.391 e. The van der Waals surface area contributed by atoms with Crippen molar-refractivity contribution in [2.45, 2.75) is 58.7 Å². The fraction of sp³-hybridized carbons (Fsp3) is 0.929. The van der Waals surface area contributed by atoms with Gasteiger partial charge in [0.2, 0.25) is 5.91 Å². The number of rotatable bonds is 4. The molecule has 0 saturated heterocycles. The summed E-state index contributed by atoms with van der Waals surface area (Å²) in [7, 11) is 0. The van der Waals surface area contributed by atoms with E-state index >= 15 is 0 Å². The molecule has 0 aromatic heterocycles. The third kappa shape index (κ3) is 5.69. The Kier molecular flexibility index (Phi) is 5.86. The number of carbonyl (C=O) groups is 1. The highest BCUT2D eigenvalue weighted by molar-refractivity contribution is 5.81. The second kappa shape index (κ2) is 6.78. The van der Waals surface area contributed by atoms with Crippen LogP contribution in [0.15, 0.2) is 0 Å². The van der Waals surface area contributed by atoms with Gasteiger partial charge >= 0.3 is 6.18 Å². The molecule has 0 aromatic rings. The third-order valence-corrected chi connectivity index (χ3v) is 3.66. The lowest BCUT2D eigenvalue weighted by Crippen LogP contribution is -2.43. The van der Waals surface area contributed by atoms with Crippen molar-refractivity contribution in [3.63, 3.8) is 0 Å². The van der Waals surface area contributed by atoms with Gasteiger partial charge in [-0.25, -0.2) is 0 Å². The summed E-state index contributed by atoms with van der Waals surface area (Å²) < 4.78 is 38.0. The molecule has 118 valence electrons. The number of hydrogen-bond donors (Lipinski definition) is 2. The Morgan fingerprint density at radius 2 is 1.80 bits per heavy atom. The monoisotopic (exact) mass is 294 g/mol. The average molecular weight is 294 g/mol. The SMILES string of the molecule is CC(C)(C)C(=O)NCCN[C@H]1CCC[C@H](C(F)(F)F)C1. The highest BCUT2D eigenvalue weighted by atomic mass is 19.4. The highest BCUT2D eigenvalue weighted by Gasteiger charge is 2.41. The molecular formula is C14H25F3N2O. The number of carbonyl (C=O) groups excluding carboxylic acids is 1.